The molecule has 0 aliphatic carbocycles. The summed E-state index contributed by atoms with van der Waals surface area (Å²) in [6.07, 6.45) is 4.91. The van der Waals surface area contributed by atoms with E-state index in [2.05, 4.69) is 6.92 Å². The van der Waals surface area contributed by atoms with Gasteiger partial charge in [0.15, 0.2) is 0 Å². The monoisotopic (exact) mass is 336 g/mol. The first kappa shape index (κ1) is 21.6. The molecule has 0 heterocycles. The van der Waals surface area contributed by atoms with E-state index in [1.165, 1.54) is 18.2 Å². The average molecular weight is 336 g/mol. The summed E-state index contributed by atoms with van der Waals surface area (Å²) in [6.45, 7) is 3.85. The molecule has 0 fully saturated rings. The number of carbonyl (C=O) groups excluding carboxylic acids is 1. The van der Waals surface area contributed by atoms with Gasteiger partial charge in [0.25, 0.3) is 0 Å². The van der Waals surface area contributed by atoms with Crippen LogP contribution in [0.15, 0.2) is 29.2 Å². The maximum Gasteiger partial charge on any atom is 1.00 e. The molecule has 7 heteroatoms. The molecule has 0 aromatic heterocycles. The third kappa shape index (κ3) is 7.24. The Labute approximate surface area is 154 Å². The number of para-hydroxylation sites is 1. The van der Waals surface area contributed by atoms with Crippen LogP contribution in [0.3, 0.4) is 0 Å². The molecule has 1 atom stereocenters. The van der Waals surface area contributed by atoms with Crippen molar-refractivity contribution in [2.75, 3.05) is 0 Å². The third-order valence-corrected chi connectivity index (χ3v) is 4.10. The molecule has 0 bridgehead atoms. The van der Waals surface area contributed by atoms with Crippen molar-refractivity contribution in [2.45, 2.75) is 50.8 Å². The Morgan fingerprint density at radius 2 is 1.86 bits per heavy atom. The van der Waals surface area contributed by atoms with Crippen molar-refractivity contribution in [1.29, 1.82) is 0 Å². The molecular weight excluding hydrogens is 315 g/mol. The maximum atomic E-state index is 11.9. The molecule has 0 radical (unpaired) electrons. The second-order valence-corrected chi connectivity index (χ2v) is 6.42. The zero-order valence-corrected chi connectivity index (χ0v) is 16.2. The van der Waals surface area contributed by atoms with Crippen molar-refractivity contribution in [2.24, 2.45) is 5.92 Å². The van der Waals surface area contributed by atoms with Gasteiger partial charge in [0.05, 0.1) is 10.8 Å². The molecule has 0 amide bonds. The number of rotatable bonds is 8. The molecule has 1 aromatic carbocycles. The predicted octanol–water partition coefficient (Wildman–Crippen LogP) is 0.107. The van der Waals surface area contributed by atoms with Crippen molar-refractivity contribution >= 4 is 16.1 Å². The Morgan fingerprint density at radius 1 is 1.23 bits per heavy atom. The summed E-state index contributed by atoms with van der Waals surface area (Å²) in [5, 5.41) is 0. The van der Waals surface area contributed by atoms with Crippen molar-refractivity contribution < 1.29 is 52.1 Å². The van der Waals surface area contributed by atoms with Crippen LogP contribution in [0.4, 0.5) is 0 Å². The van der Waals surface area contributed by atoms with Gasteiger partial charge in [-0.25, -0.2) is 8.42 Å². The fourth-order valence-corrected chi connectivity index (χ4v) is 2.55. The van der Waals surface area contributed by atoms with Gasteiger partial charge < -0.3 is 9.29 Å². The van der Waals surface area contributed by atoms with E-state index in [9.17, 15) is 17.8 Å². The molecule has 0 aliphatic heterocycles. The van der Waals surface area contributed by atoms with Gasteiger partial charge in [-0.15, -0.1) is 0 Å². The van der Waals surface area contributed by atoms with Crippen LogP contribution in [-0.2, 0) is 14.9 Å². The van der Waals surface area contributed by atoms with Crippen LogP contribution in [0.1, 0.15) is 46.0 Å². The summed E-state index contributed by atoms with van der Waals surface area (Å²) < 4.78 is 38.4. The summed E-state index contributed by atoms with van der Waals surface area (Å²) in [5.74, 6) is -1.04. The molecule has 118 valence electrons. The Kier molecular flexibility index (Phi) is 10.2. The minimum Gasteiger partial charge on any atom is -0.744 e. The summed E-state index contributed by atoms with van der Waals surface area (Å²) in [6, 6.07) is 5.38. The van der Waals surface area contributed by atoms with Gasteiger partial charge >= 0.3 is 35.5 Å². The number of esters is 1. The standard InChI is InChI=1S/C15H22O5S.Na/c1-3-4-5-6-9-12(2)15(16)20-13-10-7-8-11-14(13)21(17,18)19;/h7-8,10-12H,3-6,9H2,1-2H3,(H,17,18,19);/q;+1/p-1. The van der Waals surface area contributed by atoms with E-state index in [-0.39, 0.29) is 41.2 Å². The number of hydrogen-bond acceptors (Lipinski definition) is 5. The Morgan fingerprint density at radius 3 is 2.45 bits per heavy atom. The topological polar surface area (TPSA) is 83.5 Å². The van der Waals surface area contributed by atoms with Crippen molar-refractivity contribution in [3.63, 3.8) is 0 Å². The number of ether oxygens (including phenoxy) is 1. The van der Waals surface area contributed by atoms with Crippen molar-refractivity contribution in [1.82, 2.24) is 0 Å². The van der Waals surface area contributed by atoms with Crippen LogP contribution < -0.4 is 34.3 Å². The zero-order valence-electron chi connectivity index (χ0n) is 13.4. The van der Waals surface area contributed by atoms with Crippen LogP contribution >= 0.6 is 0 Å². The predicted molar refractivity (Wildman–Crippen MR) is 78.0 cm³/mol. The second-order valence-electron chi connectivity index (χ2n) is 5.07. The van der Waals surface area contributed by atoms with Crippen LogP contribution in [0, 0.1) is 5.92 Å². The SMILES string of the molecule is CCCCCCC(C)C(=O)Oc1ccccc1S(=O)(=O)[O-].[Na+]. The van der Waals surface area contributed by atoms with E-state index in [0.717, 1.165) is 31.7 Å². The minimum absolute atomic E-state index is 0. The van der Waals surface area contributed by atoms with E-state index in [0.29, 0.717) is 6.42 Å². The van der Waals surface area contributed by atoms with Gasteiger partial charge in [-0.2, -0.15) is 0 Å². The van der Waals surface area contributed by atoms with Gasteiger partial charge in [0.1, 0.15) is 15.9 Å². The molecule has 0 saturated heterocycles. The van der Waals surface area contributed by atoms with Crippen LogP contribution in [-0.4, -0.2) is 18.9 Å². The fourth-order valence-electron chi connectivity index (χ4n) is 1.95. The van der Waals surface area contributed by atoms with E-state index in [1.807, 2.05) is 0 Å². The molecule has 1 unspecified atom stereocenters. The van der Waals surface area contributed by atoms with Crippen LogP contribution in [0.5, 0.6) is 5.75 Å². The molecule has 0 N–H and O–H groups in total. The quantitative estimate of drug-likeness (QED) is 0.221. The van der Waals surface area contributed by atoms with E-state index >= 15 is 0 Å². The Balaban J connectivity index is 0.00000441. The first-order valence-electron chi connectivity index (χ1n) is 7.13. The van der Waals surface area contributed by atoms with Gasteiger partial charge in [-0.3, -0.25) is 4.79 Å². The molecular formula is C15H21NaO5S. The number of carbonyl (C=O) groups is 1. The van der Waals surface area contributed by atoms with E-state index < -0.39 is 21.0 Å². The average Bonchev–Trinajstić information content (AvgIpc) is 2.42. The maximum absolute atomic E-state index is 11.9. The number of hydrogen-bond donors (Lipinski definition) is 0. The molecule has 1 aromatic rings. The summed E-state index contributed by atoms with van der Waals surface area (Å²) in [5.41, 5.74) is 0. The van der Waals surface area contributed by atoms with Gasteiger partial charge in [0, 0.05) is 0 Å². The molecule has 22 heavy (non-hydrogen) atoms. The van der Waals surface area contributed by atoms with E-state index in [1.54, 1.807) is 6.92 Å². The zero-order chi connectivity index (χ0) is 15.9. The molecule has 0 spiro atoms. The van der Waals surface area contributed by atoms with Crippen molar-refractivity contribution in [3.8, 4) is 5.75 Å². The van der Waals surface area contributed by atoms with Gasteiger partial charge in [-0.05, 0) is 18.6 Å². The summed E-state index contributed by atoms with van der Waals surface area (Å²) in [7, 11) is -4.66. The fraction of sp³-hybridized carbons (Fsp3) is 0.533. The Bertz CT molecular complexity index is 571. The summed E-state index contributed by atoms with van der Waals surface area (Å²) in [4.78, 5) is 11.4. The second kappa shape index (κ2) is 10.4. The summed E-state index contributed by atoms with van der Waals surface area (Å²) >= 11 is 0. The van der Waals surface area contributed by atoms with Gasteiger partial charge in [-0.1, -0.05) is 51.7 Å². The molecule has 0 saturated carbocycles. The third-order valence-electron chi connectivity index (χ3n) is 3.22. The Hall–Kier alpha value is -0.400. The first-order chi connectivity index (χ1) is 9.86. The smallest absolute Gasteiger partial charge is 0.744 e. The van der Waals surface area contributed by atoms with Crippen molar-refractivity contribution in [3.05, 3.63) is 24.3 Å². The molecule has 5 nitrogen and oxygen atoms in total. The van der Waals surface area contributed by atoms with Crippen LogP contribution in [0.2, 0.25) is 0 Å². The largest absolute Gasteiger partial charge is 1.00 e. The minimum atomic E-state index is -4.66. The number of unbranched alkanes of at least 4 members (excludes halogenated alkanes) is 3. The molecule has 0 aliphatic rings. The normalized spacial score (nSPS) is 12.3. The molecule has 1 rings (SSSR count). The first-order valence-corrected chi connectivity index (χ1v) is 8.53. The van der Waals surface area contributed by atoms with E-state index in [4.69, 9.17) is 4.74 Å². The van der Waals surface area contributed by atoms with Gasteiger partial charge in [0.2, 0.25) is 0 Å². The van der Waals surface area contributed by atoms with Crippen LogP contribution in [0.25, 0.3) is 0 Å². The number of benzene rings is 1.